The summed E-state index contributed by atoms with van der Waals surface area (Å²) in [5.74, 6) is 0.937. The molecule has 1 N–H and O–H groups in total. The molecule has 3 rings (SSSR count). The van der Waals surface area contributed by atoms with Crippen LogP contribution in [0.2, 0.25) is 0 Å². The van der Waals surface area contributed by atoms with Crippen LogP contribution in [0, 0.1) is 6.92 Å². The lowest BCUT2D eigenvalue weighted by Gasteiger charge is -2.07. The molecule has 0 aliphatic heterocycles. The summed E-state index contributed by atoms with van der Waals surface area (Å²) in [6.45, 7) is 3.10. The van der Waals surface area contributed by atoms with Gasteiger partial charge in [-0.25, -0.2) is 0 Å². The highest BCUT2D eigenvalue weighted by molar-refractivity contribution is 5.85. The lowest BCUT2D eigenvalue weighted by atomic mass is 10.1. The quantitative estimate of drug-likeness (QED) is 0.895. The van der Waals surface area contributed by atoms with Crippen molar-refractivity contribution in [2.45, 2.75) is 32.4 Å². The Labute approximate surface area is 108 Å². The smallest absolute Gasteiger partial charge is 0.119 e. The topological polar surface area (TPSA) is 26.2 Å². The summed E-state index contributed by atoms with van der Waals surface area (Å²) in [7, 11) is 3.87. The first kappa shape index (κ1) is 11.6. The van der Waals surface area contributed by atoms with Crippen molar-refractivity contribution in [3.63, 3.8) is 0 Å². The average molecular weight is 244 g/mol. The maximum Gasteiger partial charge on any atom is 0.119 e. The van der Waals surface area contributed by atoms with Crippen molar-refractivity contribution in [3.8, 4) is 5.75 Å². The number of methoxy groups -OCH3 is 1. The van der Waals surface area contributed by atoms with Gasteiger partial charge in [0.15, 0.2) is 0 Å². The van der Waals surface area contributed by atoms with E-state index < -0.39 is 0 Å². The second kappa shape index (κ2) is 4.32. The zero-order valence-electron chi connectivity index (χ0n) is 11.3. The molecule has 0 bridgehead atoms. The Balaban J connectivity index is 1.99. The molecule has 96 valence electrons. The van der Waals surface area contributed by atoms with Crippen LogP contribution in [0.5, 0.6) is 5.75 Å². The molecule has 1 fully saturated rings. The van der Waals surface area contributed by atoms with E-state index in [0.717, 1.165) is 18.3 Å². The molecular weight excluding hydrogens is 224 g/mol. The Hall–Kier alpha value is -1.48. The first-order valence-corrected chi connectivity index (χ1v) is 6.55. The zero-order chi connectivity index (χ0) is 12.7. The van der Waals surface area contributed by atoms with Gasteiger partial charge >= 0.3 is 0 Å². The third-order valence-electron chi connectivity index (χ3n) is 3.78. The van der Waals surface area contributed by atoms with Gasteiger partial charge in [-0.15, -0.1) is 0 Å². The van der Waals surface area contributed by atoms with Crippen LogP contribution in [0.25, 0.3) is 10.9 Å². The minimum Gasteiger partial charge on any atom is -0.497 e. The Morgan fingerprint density at radius 3 is 2.78 bits per heavy atom. The Kier molecular flexibility index (Phi) is 2.78. The summed E-state index contributed by atoms with van der Waals surface area (Å²) in [6.07, 6.45) is 2.66. The number of rotatable bonds is 4. The van der Waals surface area contributed by atoms with E-state index >= 15 is 0 Å². The van der Waals surface area contributed by atoms with Crippen molar-refractivity contribution in [2.75, 3.05) is 7.11 Å². The number of nitrogens with one attached hydrogen (secondary N) is 1. The fourth-order valence-corrected chi connectivity index (χ4v) is 2.58. The van der Waals surface area contributed by atoms with Crippen LogP contribution in [0.3, 0.4) is 0 Å². The maximum atomic E-state index is 5.34. The molecule has 3 heteroatoms. The van der Waals surface area contributed by atoms with Gasteiger partial charge in [-0.1, -0.05) is 0 Å². The number of ether oxygens (including phenoxy) is 1. The van der Waals surface area contributed by atoms with Gasteiger partial charge in [0.25, 0.3) is 0 Å². The van der Waals surface area contributed by atoms with Crippen molar-refractivity contribution in [3.05, 3.63) is 29.5 Å². The number of aromatic nitrogens is 1. The first-order valence-electron chi connectivity index (χ1n) is 6.55. The zero-order valence-corrected chi connectivity index (χ0v) is 11.3. The lowest BCUT2D eigenvalue weighted by Crippen LogP contribution is -2.17. The number of hydrogen-bond acceptors (Lipinski definition) is 2. The molecule has 1 aromatic heterocycles. The molecule has 2 aromatic rings. The summed E-state index contributed by atoms with van der Waals surface area (Å²) >= 11 is 0. The second-order valence-electron chi connectivity index (χ2n) is 5.23. The SMILES string of the molecule is COc1cc(C)c2c(c1)cc(CNC1CC1)n2C. The van der Waals surface area contributed by atoms with Gasteiger partial charge in [0.05, 0.1) is 12.6 Å². The van der Waals surface area contributed by atoms with Crippen LogP contribution in [0.1, 0.15) is 24.1 Å². The largest absolute Gasteiger partial charge is 0.497 e. The summed E-state index contributed by atoms with van der Waals surface area (Å²) in [5.41, 5.74) is 3.92. The maximum absolute atomic E-state index is 5.34. The van der Waals surface area contributed by atoms with Gasteiger partial charge in [-0.05, 0) is 43.5 Å². The normalized spacial score (nSPS) is 15.3. The molecule has 1 aliphatic rings. The summed E-state index contributed by atoms with van der Waals surface area (Å²) in [5, 5.41) is 4.84. The van der Waals surface area contributed by atoms with Crippen molar-refractivity contribution in [2.24, 2.45) is 7.05 Å². The highest BCUT2D eigenvalue weighted by Gasteiger charge is 2.20. The highest BCUT2D eigenvalue weighted by Crippen LogP contribution is 2.28. The third kappa shape index (κ3) is 1.99. The van der Waals surface area contributed by atoms with Crippen molar-refractivity contribution < 1.29 is 4.74 Å². The van der Waals surface area contributed by atoms with Crippen molar-refractivity contribution in [1.82, 2.24) is 9.88 Å². The van der Waals surface area contributed by atoms with Gasteiger partial charge in [0.1, 0.15) is 5.75 Å². The molecule has 0 saturated heterocycles. The molecule has 0 unspecified atom stereocenters. The van der Waals surface area contributed by atoms with E-state index in [9.17, 15) is 0 Å². The van der Waals surface area contributed by atoms with E-state index in [1.807, 2.05) is 0 Å². The van der Waals surface area contributed by atoms with Gasteiger partial charge in [-0.2, -0.15) is 0 Å². The molecule has 1 saturated carbocycles. The lowest BCUT2D eigenvalue weighted by molar-refractivity contribution is 0.415. The van der Waals surface area contributed by atoms with Gasteiger partial charge in [0, 0.05) is 30.7 Å². The molecular formula is C15H20N2O. The van der Waals surface area contributed by atoms with Gasteiger partial charge < -0.3 is 14.6 Å². The monoisotopic (exact) mass is 244 g/mol. The fourth-order valence-electron chi connectivity index (χ4n) is 2.58. The van der Waals surface area contributed by atoms with Crippen LogP contribution in [-0.4, -0.2) is 17.7 Å². The minimum atomic E-state index is 0.749. The van der Waals surface area contributed by atoms with E-state index in [4.69, 9.17) is 4.74 Å². The van der Waals surface area contributed by atoms with E-state index in [1.165, 1.54) is 35.0 Å². The predicted octanol–water partition coefficient (Wildman–Crippen LogP) is 2.75. The van der Waals surface area contributed by atoms with Crippen LogP contribution in [0.4, 0.5) is 0 Å². The van der Waals surface area contributed by atoms with E-state index in [2.05, 4.69) is 42.1 Å². The summed E-state index contributed by atoms with van der Waals surface area (Å²) in [6, 6.07) is 7.22. The number of nitrogens with zero attached hydrogens (tertiary/aromatic N) is 1. The van der Waals surface area contributed by atoms with Crippen LogP contribution < -0.4 is 10.1 Å². The molecule has 1 aromatic carbocycles. The standard InChI is InChI=1S/C15H20N2O/c1-10-6-14(18-3)8-11-7-13(17(2)15(10)11)9-16-12-4-5-12/h6-8,12,16H,4-5,9H2,1-3H3. The van der Waals surface area contributed by atoms with E-state index in [1.54, 1.807) is 7.11 Å². The van der Waals surface area contributed by atoms with Crippen LogP contribution in [0.15, 0.2) is 18.2 Å². The number of benzene rings is 1. The molecule has 0 amide bonds. The van der Waals surface area contributed by atoms with E-state index in [-0.39, 0.29) is 0 Å². The molecule has 0 atom stereocenters. The Bertz CT molecular complexity index is 582. The fraction of sp³-hybridized carbons (Fsp3) is 0.467. The molecule has 3 nitrogen and oxygen atoms in total. The van der Waals surface area contributed by atoms with Crippen LogP contribution in [-0.2, 0) is 13.6 Å². The number of aryl methyl sites for hydroxylation is 2. The number of fused-ring (bicyclic) bond motifs is 1. The molecule has 1 aliphatic carbocycles. The molecule has 0 spiro atoms. The van der Waals surface area contributed by atoms with E-state index in [0.29, 0.717) is 0 Å². The molecule has 18 heavy (non-hydrogen) atoms. The van der Waals surface area contributed by atoms with Gasteiger partial charge in [-0.3, -0.25) is 0 Å². The van der Waals surface area contributed by atoms with Crippen molar-refractivity contribution in [1.29, 1.82) is 0 Å². The van der Waals surface area contributed by atoms with Crippen molar-refractivity contribution >= 4 is 10.9 Å². The number of hydrogen-bond donors (Lipinski definition) is 1. The second-order valence-corrected chi connectivity index (χ2v) is 5.23. The first-order chi connectivity index (χ1) is 8.69. The highest BCUT2D eigenvalue weighted by atomic mass is 16.5. The van der Waals surface area contributed by atoms with Gasteiger partial charge in [0.2, 0.25) is 0 Å². The minimum absolute atomic E-state index is 0.749. The molecule has 1 heterocycles. The van der Waals surface area contributed by atoms with Crippen LogP contribution >= 0.6 is 0 Å². The average Bonchev–Trinajstić information content (AvgIpc) is 3.12. The Morgan fingerprint density at radius 1 is 1.33 bits per heavy atom. The summed E-state index contributed by atoms with van der Waals surface area (Å²) < 4.78 is 7.63. The molecule has 0 radical (unpaired) electrons. The predicted molar refractivity (Wildman–Crippen MR) is 74.1 cm³/mol. The summed E-state index contributed by atoms with van der Waals surface area (Å²) in [4.78, 5) is 0. The Morgan fingerprint density at radius 2 is 2.11 bits per heavy atom. The third-order valence-corrected chi connectivity index (χ3v) is 3.78.